The monoisotopic (exact) mass is 261 g/mol. The van der Waals surface area contributed by atoms with Gasteiger partial charge >= 0.3 is 0 Å². The van der Waals surface area contributed by atoms with Crippen LogP contribution in [0.25, 0.3) is 0 Å². The fourth-order valence-corrected chi connectivity index (χ4v) is 3.21. The quantitative estimate of drug-likeness (QED) is 0.797. The third-order valence-corrected chi connectivity index (χ3v) is 4.39. The summed E-state index contributed by atoms with van der Waals surface area (Å²) in [4.78, 5) is 0. The Morgan fingerprint density at radius 2 is 1.95 bits per heavy atom. The van der Waals surface area contributed by atoms with Crippen LogP contribution in [0.3, 0.4) is 0 Å². The third kappa shape index (κ3) is 4.24. The van der Waals surface area contributed by atoms with E-state index in [4.69, 9.17) is 4.74 Å². The van der Waals surface area contributed by atoms with Crippen molar-refractivity contribution < 1.29 is 4.74 Å². The van der Waals surface area contributed by atoms with Gasteiger partial charge in [0.1, 0.15) is 5.75 Å². The number of hydrogen-bond donors (Lipinski definition) is 1. The Labute approximate surface area is 117 Å². The van der Waals surface area contributed by atoms with Crippen LogP contribution >= 0.6 is 0 Å². The Morgan fingerprint density at radius 1 is 1.21 bits per heavy atom. The lowest BCUT2D eigenvalue weighted by atomic mass is 9.89. The molecule has 1 N–H and O–H groups in total. The van der Waals surface area contributed by atoms with Crippen molar-refractivity contribution in [3.63, 3.8) is 0 Å². The number of ether oxygens (including phenoxy) is 1. The largest absolute Gasteiger partial charge is 0.497 e. The first kappa shape index (κ1) is 14.4. The van der Waals surface area contributed by atoms with E-state index in [1.54, 1.807) is 7.11 Å². The van der Waals surface area contributed by atoms with Crippen molar-refractivity contribution in [2.24, 2.45) is 5.92 Å². The van der Waals surface area contributed by atoms with Crippen molar-refractivity contribution >= 4 is 0 Å². The van der Waals surface area contributed by atoms with Gasteiger partial charge in [-0.1, -0.05) is 50.7 Å². The Balaban J connectivity index is 2.01. The molecule has 1 aromatic carbocycles. The Kier molecular flexibility index (Phi) is 5.71. The van der Waals surface area contributed by atoms with Crippen molar-refractivity contribution in [2.75, 3.05) is 14.2 Å². The minimum absolute atomic E-state index is 0.457. The van der Waals surface area contributed by atoms with Gasteiger partial charge in [0.2, 0.25) is 0 Å². The molecule has 0 bridgehead atoms. The van der Waals surface area contributed by atoms with E-state index in [-0.39, 0.29) is 0 Å². The first-order valence-electron chi connectivity index (χ1n) is 7.64. The number of hydrogen-bond acceptors (Lipinski definition) is 2. The highest BCUT2D eigenvalue weighted by atomic mass is 16.5. The van der Waals surface area contributed by atoms with Gasteiger partial charge in [-0.2, -0.15) is 0 Å². The summed E-state index contributed by atoms with van der Waals surface area (Å²) in [5, 5.41) is 3.48. The zero-order chi connectivity index (χ0) is 13.5. The fraction of sp³-hybridized carbons (Fsp3) is 0.647. The minimum atomic E-state index is 0.457. The topological polar surface area (TPSA) is 21.3 Å². The molecule has 2 nitrogen and oxygen atoms in total. The van der Waals surface area contributed by atoms with E-state index in [0.717, 1.165) is 11.7 Å². The van der Waals surface area contributed by atoms with Crippen LogP contribution in [0.15, 0.2) is 24.3 Å². The molecule has 0 aromatic heterocycles. The standard InChI is InChI=1S/C17H27NO/c1-18-17(12-14-8-5-3-4-6-9-14)15-10-7-11-16(13-15)19-2/h7,10-11,13-14,17-18H,3-6,8-9,12H2,1-2H3. The van der Waals surface area contributed by atoms with Gasteiger partial charge < -0.3 is 10.1 Å². The molecule has 1 aliphatic rings. The van der Waals surface area contributed by atoms with Crippen LogP contribution < -0.4 is 10.1 Å². The maximum atomic E-state index is 5.33. The van der Waals surface area contributed by atoms with Gasteiger partial charge in [-0.3, -0.25) is 0 Å². The van der Waals surface area contributed by atoms with E-state index in [2.05, 4.69) is 30.6 Å². The van der Waals surface area contributed by atoms with Gasteiger partial charge in [0.15, 0.2) is 0 Å². The van der Waals surface area contributed by atoms with Gasteiger partial charge in [-0.25, -0.2) is 0 Å². The van der Waals surface area contributed by atoms with Gasteiger partial charge in [0.05, 0.1) is 7.11 Å². The lowest BCUT2D eigenvalue weighted by molar-refractivity contribution is 0.366. The maximum Gasteiger partial charge on any atom is 0.119 e. The number of rotatable bonds is 5. The molecule has 2 rings (SSSR count). The predicted octanol–water partition coefficient (Wildman–Crippen LogP) is 4.32. The zero-order valence-electron chi connectivity index (χ0n) is 12.3. The average molecular weight is 261 g/mol. The summed E-state index contributed by atoms with van der Waals surface area (Å²) in [6, 6.07) is 8.93. The first-order valence-corrected chi connectivity index (χ1v) is 7.64. The molecule has 1 aliphatic carbocycles. The highest BCUT2D eigenvalue weighted by Gasteiger charge is 2.18. The predicted molar refractivity (Wildman–Crippen MR) is 80.6 cm³/mol. The Bertz CT molecular complexity index is 369. The van der Waals surface area contributed by atoms with E-state index < -0.39 is 0 Å². The molecule has 2 heteroatoms. The van der Waals surface area contributed by atoms with Crippen LogP contribution in [0.1, 0.15) is 56.6 Å². The van der Waals surface area contributed by atoms with Crippen LogP contribution in [0.4, 0.5) is 0 Å². The highest BCUT2D eigenvalue weighted by Crippen LogP contribution is 2.31. The highest BCUT2D eigenvalue weighted by molar-refractivity contribution is 5.30. The first-order chi connectivity index (χ1) is 9.33. The van der Waals surface area contributed by atoms with E-state index in [9.17, 15) is 0 Å². The van der Waals surface area contributed by atoms with E-state index in [1.165, 1.54) is 50.5 Å². The normalized spacial score (nSPS) is 18.8. The van der Waals surface area contributed by atoms with Crippen LogP contribution in [0.5, 0.6) is 5.75 Å². The molecule has 1 unspecified atom stereocenters. The van der Waals surface area contributed by atoms with Crippen LogP contribution in [0.2, 0.25) is 0 Å². The lowest BCUT2D eigenvalue weighted by Gasteiger charge is -2.23. The average Bonchev–Trinajstić information content (AvgIpc) is 2.73. The van der Waals surface area contributed by atoms with Gasteiger partial charge in [0.25, 0.3) is 0 Å². The second kappa shape index (κ2) is 7.54. The lowest BCUT2D eigenvalue weighted by Crippen LogP contribution is -2.20. The molecule has 0 spiro atoms. The van der Waals surface area contributed by atoms with Crippen molar-refractivity contribution in [1.29, 1.82) is 0 Å². The summed E-state index contributed by atoms with van der Waals surface area (Å²) < 4.78 is 5.33. The summed E-state index contributed by atoms with van der Waals surface area (Å²) >= 11 is 0. The molecule has 0 aliphatic heterocycles. The number of methoxy groups -OCH3 is 1. The van der Waals surface area contributed by atoms with Gasteiger partial charge in [-0.15, -0.1) is 0 Å². The molecular formula is C17H27NO. The Morgan fingerprint density at radius 3 is 2.58 bits per heavy atom. The molecule has 106 valence electrons. The SMILES string of the molecule is CNC(CC1CCCCCC1)c1cccc(OC)c1. The smallest absolute Gasteiger partial charge is 0.119 e. The van der Waals surface area contributed by atoms with E-state index in [0.29, 0.717) is 6.04 Å². The molecule has 1 saturated carbocycles. The summed E-state index contributed by atoms with van der Waals surface area (Å²) in [5.41, 5.74) is 1.35. The summed E-state index contributed by atoms with van der Waals surface area (Å²) in [5.74, 6) is 1.84. The maximum absolute atomic E-state index is 5.33. The minimum Gasteiger partial charge on any atom is -0.497 e. The van der Waals surface area contributed by atoms with Crippen molar-refractivity contribution in [2.45, 2.75) is 51.0 Å². The molecule has 0 saturated heterocycles. The molecule has 0 amide bonds. The van der Waals surface area contributed by atoms with E-state index >= 15 is 0 Å². The van der Waals surface area contributed by atoms with Crippen LogP contribution in [-0.4, -0.2) is 14.2 Å². The molecule has 1 atom stereocenters. The van der Waals surface area contributed by atoms with E-state index in [1.807, 2.05) is 6.07 Å². The number of nitrogens with one attached hydrogen (secondary N) is 1. The second-order valence-corrected chi connectivity index (χ2v) is 5.71. The Hall–Kier alpha value is -1.02. The van der Waals surface area contributed by atoms with Crippen molar-refractivity contribution in [3.8, 4) is 5.75 Å². The fourth-order valence-electron chi connectivity index (χ4n) is 3.21. The van der Waals surface area contributed by atoms with Crippen molar-refractivity contribution in [3.05, 3.63) is 29.8 Å². The molecular weight excluding hydrogens is 234 g/mol. The molecule has 1 aromatic rings. The third-order valence-electron chi connectivity index (χ3n) is 4.39. The number of benzene rings is 1. The second-order valence-electron chi connectivity index (χ2n) is 5.71. The summed E-state index contributed by atoms with van der Waals surface area (Å²) in [6.07, 6.45) is 9.76. The van der Waals surface area contributed by atoms with Gasteiger partial charge in [-0.05, 0) is 37.1 Å². The van der Waals surface area contributed by atoms with Gasteiger partial charge in [0, 0.05) is 6.04 Å². The zero-order valence-corrected chi connectivity index (χ0v) is 12.3. The summed E-state index contributed by atoms with van der Waals surface area (Å²) in [6.45, 7) is 0. The molecule has 1 fully saturated rings. The molecule has 0 heterocycles. The van der Waals surface area contributed by atoms with Crippen LogP contribution in [-0.2, 0) is 0 Å². The van der Waals surface area contributed by atoms with Crippen LogP contribution in [0, 0.1) is 5.92 Å². The summed E-state index contributed by atoms with van der Waals surface area (Å²) in [7, 11) is 3.81. The molecule has 19 heavy (non-hydrogen) atoms. The van der Waals surface area contributed by atoms with Crippen molar-refractivity contribution in [1.82, 2.24) is 5.32 Å². The molecule has 0 radical (unpaired) electrons.